The number of ether oxygens (including phenoxy) is 1. The molecular formula is C19H28Br2N3O6S+. The van der Waals surface area contributed by atoms with Crippen LogP contribution in [0.2, 0.25) is 0 Å². The number of nitrogens with zero attached hydrogens (tertiary/aromatic N) is 2. The van der Waals surface area contributed by atoms with Crippen molar-refractivity contribution in [2.45, 2.75) is 49.7 Å². The molecule has 31 heavy (non-hydrogen) atoms. The van der Waals surface area contributed by atoms with Crippen LogP contribution in [-0.4, -0.2) is 80.0 Å². The molecule has 0 spiro atoms. The predicted octanol–water partition coefficient (Wildman–Crippen LogP) is 3.62. The summed E-state index contributed by atoms with van der Waals surface area (Å²) in [5.41, 5.74) is -0.766. The first-order valence-electron chi connectivity index (χ1n) is 9.54. The summed E-state index contributed by atoms with van der Waals surface area (Å²) in [5.74, 6) is 0. The van der Waals surface area contributed by atoms with Gasteiger partial charge in [-0.25, -0.2) is 22.4 Å². The third kappa shape index (κ3) is 5.41. The lowest BCUT2D eigenvalue weighted by atomic mass is 10.00. The molecule has 1 fully saturated rings. The molecule has 1 unspecified atom stereocenters. The Labute approximate surface area is 199 Å². The summed E-state index contributed by atoms with van der Waals surface area (Å²) in [5, 5.41) is 10.2. The molecule has 1 heterocycles. The zero-order chi connectivity index (χ0) is 23.8. The van der Waals surface area contributed by atoms with Crippen molar-refractivity contribution in [1.29, 1.82) is 0 Å². The van der Waals surface area contributed by atoms with Crippen LogP contribution in [0.1, 0.15) is 27.2 Å². The largest absolute Gasteiger partial charge is 0.514 e. The first-order valence-corrected chi connectivity index (χ1v) is 12.6. The van der Waals surface area contributed by atoms with Crippen LogP contribution in [0.15, 0.2) is 32.0 Å². The Morgan fingerprint density at radius 2 is 1.90 bits per heavy atom. The first kappa shape index (κ1) is 26.0. The number of nitrogens with one attached hydrogen (secondary N) is 1. The molecule has 9 nitrogen and oxygen atoms in total. The number of hydrogen-bond donors (Lipinski definition) is 2. The SMILES string of the molecule is CN(C)C(=O)OC[C@H]1C[C@@H](NS(=O)(=O)c2cc(Br)ccc2Br)C[N+]1(C(=O)O)C(C)(C)C. The highest BCUT2D eigenvalue weighted by molar-refractivity contribution is 9.11. The molecule has 0 bridgehead atoms. The fourth-order valence-electron chi connectivity index (χ4n) is 3.97. The van der Waals surface area contributed by atoms with Crippen molar-refractivity contribution >= 4 is 54.1 Å². The standard InChI is InChI=1S/C19H27Br2N3O6S/c1-19(2,3)24(18(26)27)10-13(9-14(24)11-30-17(25)23(4)5)22-31(28,29)16-8-12(20)6-7-15(16)21/h6-8,13-14,22H,9-11H2,1-5H3/p+1/t13-,14-,24?/m1/s1. The molecule has 174 valence electrons. The van der Waals surface area contributed by atoms with Gasteiger partial charge in [0.05, 0.1) is 10.9 Å². The second kappa shape index (κ2) is 9.34. The fraction of sp³-hybridized carbons (Fsp3) is 0.579. The Kier molecular flexibility index (Phi) is 7.85. The van der Waals surface area contributed by atoms with Gasteiger partial charge in [-0.05, 0) is 54.9 Å². The van der Waals surface area contributed by atoms with Crippen LogP contribution >= 0.6 is 31.9 Å². The van der Waals surface area contributed by atoms with Gasteiger partial charge in [-0.1, -0.05) is 15.9 Å². The molecule has 12 heteroatoms. The van der Waals surface area contributed by atoms with E-state index in [1.54, 1.807) is 32.9 Å². The molecule has 0 aliphatic carbocycles. The minimum atomic E-state index is -3.93. The molecule has 1 aliphatic heterocycles. The molecule has 2 N–H and O–H groups in total. The van der Waals surface area contributed by atoms with Crippen LogP contribution in [0.25, 0.3) is 0 Å². The second-order valence-electron chi connectivity index (χ2n) is 8.76. The summed E-state index contributed by atoms with van der Waals surface area (Å²) in [6.45, 7) is 5.23. The van der Waals surface area contributed by atoms with Crippen molar-refractivity contribution < 1.29 is 32.3 Å². The monoisotopic (exact) mass is 584 g/mol. The number of likely N-dealkylation sites (tertiary alicyclic amines) is 1. The average molecular weight is 586 g/mol. The van der Waals surface area contributed by atoms with E-state index >= 15 is 0 Å². The Bertz CT molecular complexity index is 964. The Hall–Kier alpha value is -1.21. The normalized spacial score (nSPS) is 24.1. The summed E-state index contributed by atoms with van der Waals surface area (Å²) in [6, 6.07) is 3.51. The van der Waals surface area contributed by atoms with E-state index in [4.69, 9.17) is 4.74 Å². The average Bonchev–Trinajstić information content (AvgIpc) is 3.00. The number of carboxylic acid groups (broad SMARTS) is 1. The molecule has 3 atom stereocenters. The Morgan fingerprint density at radius 1 is 1.29 bits per heavy atom. The smallest absolute Gasteiger partial charge is 0.443 e. The van der Waals surface area contributed by atoms with Gasteiger partial charge in [-0.3, -0.25) is 0 Å². The zero-order valence-corrected chi connectivity index (χ0v) is 22.0. The maximum atomic E-state index is 13.0. The fourth-order valence-corrected chi connectivity index (χ4v) is 6.71. The van der Waals surface area contributed by atoms with Gasteiger partial charge in [0.2, 0.25) is 10.0 Å². The molecule has 1 aromatic carbocycles. The molecule has 1 aromatic rings. The Balaban J connectivity index is 2.37. The van der Waals surface area contributed by atoms with Gasteiger partial charge < -0.3 is 14.7 Å². The molecule has 1 saturated heterocycles. The molecule has 1 aliphatic rings. The molecular weight excluding hydrogens is 558 g/mol. The Morgan fingerprint density at radius 3 is 2.42 bits per heavy atom. The topological polar surface area (TPSA) is 113 Å². The summed E-state index contributed by atoms with van der Waals surface area (Å²) >= 11 is 6.53. The van der Waals surface area contributed by atoms with E-state index in [2.05, 4.69) is 36.6 Å². The lowest BCUT2D eigenvalue weighted by Crippen LogP contribution is -2.67. The van der Waals surface area contributed by atoms with Crippen molar-refractivity contribution in [3.63, 3.8) is 0 Å². The highest BCUT2D eigenvalue weighted by Gasteiger charge is 2.60. The van der Waals surface area contributed by atoms with Gasteiger partial charge in [-0.2, -0.15) is 4.79 Å². The van der Waals surface area contributed by atoms with Crippen molar-refractivity contribution in [2.75, 3.05) is 27.2 Å². The highest BCUT2D eigenvalue weighted by atomic mass is 79.9. The number of carbonyl (C=O) groups is 2. The number of rotatable bonds is 5. The van der Waals surface area contributed by atoms with Crippen molar-refractivity contribution in [1.82, 2.24) is 9.62 Å². The molecule has 2 rings (SSSR count). The number of hydrogen-bond acceptors (Lipinski definition) is 5. The van der Waals surface area contributed by atoms with Crippen molar-refractivity contribution in [3.05, 3.63) is 27.1 Å². The highest BCUT2D eigenvalue weighted by Crippen LogP contribution is 2.38. The van der Waals surface area contributed by atoms with Gasteiger partial charge in [0.25, 0.3) is 0 Å². The minimum absolute atomic E-state index is 0.0217. The van der Waals surface area contributed by atoms with Crippen LogP contribution in [0.3, 0.4) is 0 Å². The van der Waals surface area contributed by atoms with E-state index < -0.39 is 44.3 Å². The van der Waals surface area contributed by atoms with Gasteiger partial charge in [0.15, 0.2) is 0 Å². The minimum Gasteiger partial charge on any atom is -0.443 e. The van der Waals surface area contributed by atoms with E-state index in [9.17, 15) is 23.1 Å². The summed E-state index contributed by atoms with van der Waals surface area (Å²) in [6.07, 6.45) is -1.47. The van der Waals surface area contributed by atoms with Gasteiger partial charge in [0, 0.05) is 29.5 Å². The van der Waals surface area contributed by atoms with Crippen LogP contribution in [0, 0.1) is 0 Å². The maximum Gasteiger partial charge on any atom is 0.514 e. The van der Waals surface area contributed by atoms with E-state index in [0.717, 1.165) is 0 Å². The number of benzene rings is 1. The van der Waals surface area contributed by atoms with Crippen molar-refractivity contribution in [2.24, 2.45) is 0 Å². The van der Waals surface area contributed by atoms with E-state index in [1.807, 2.05) is 0 Å². The number of quaternary nitrogens is 1. The molecule has 0 radical (unpaired) electrons. The molecule has 0 aromatic heterocycles. The first-order chi connectivity index (χ1) is 14.1. The lowest BCUT2D eigenvalue weighted by Gasteiger charge is -2.44. The molecule has 2 amide bonds. The van der Waals surface area contributed by atoms with Crippen LogP contribution in [0.5, 0.6) is 0 Å². The van der Waals surface area contributed by atoms with Crippen LogP contribution < -0.4 is 4.72 Å². The van der Waals surface area contributed by atoms with Crippen molar-refractivity contribution in [3.8, 4) is 0 Å². The van der Waals surface area contributed by atoms with Crippen LogP contribution in [-0.2, 0) is 14.8 Å². The second-order valence-corrected chi connectivity index (χ2v) is 12.2. The van der Waals surface area contributed by atoms with E-state index in [1.165, 1.54) is 25.1 Å². The molecule has 0 saturated carbocycles. The predicted molar refractivity (Wildman–Crippen MR) is 122 cm³/mol. The number of sulfonamides is 1. The zero-order valence-electron chi connectivity index (χ0n) is 18.1. The maximum absolute atomic E-state index is 13.0. The van der Waals surface area contributed by atoms with E-state index in [-0.39, 0.29) is 24.5 Å². The quantitative estimate of drug-likeness (QED) is 0.510. The van der Waals surface area contributed by atoms with E-state index in [0.29, 0.717) is 8.95 Å². The van der Waals surface area contributed by atoms with Gasteiger partial charge in [-0.15, -0.1) is 0 Å². The third-order valence-electron chi connectivity index (χ3n) is 5.50. The third-order valence-corrected chi connectivity index (χ3v) is 8.50. The summed E-state index contributed by atoms with van der Waals surface area (Å²) < 4.78 is 34.6. The summed E-state index contributed by atoms with van der Waals surface area (Å²) in [7, 11) is -0.863. The van der Waals surface area contributed by atoms with Crippen LogP contribution in [0.4, 0.5) is 9.59 Å². The van der Waals surface area contributed by atoms with Gasteiger partial charge in [0.1, 0.15) is 24.7 Å². The lowest BCUT2D eigenvalue weighted by molar-refractivity contribution is -0.915. The number of halogens is 2. The number of amides is 2. The summed E-state index contributed by atoms with van der Waals surface area (Å²) in [4.78, 5) is 25.7. The van der Waals surface area contributed by atoms with Gasteiger partial charge >= 0.3 is 12.2 Å². The number of carbonyl (C=O) groups excluding carboxylic acids is 1.